The normalized spacial score (nSPS) is 10.7. The molecule has 0 aliphatic rings. The van der Waals surface area contributed by atoms with E-state index >= 15 is 0 Å². The Bertz CT molecular complexity index is 827. The van der Waals surface area contributed by atoms with Crippen molar-refractivity contribution in [2.45, 2.75) is 40.0 Å². The number of amides is 1. The van der Waals surface area contributed by atoms with Crippen molar-refractivity contribution in [3.8, 4) is 5.75 Å². The highest BCUT2D eigenvalue weighted by atomic mass is 16.6. The van der Waals surface area contributed by atoms with E-state index in [0.29, 0.717) is 42.1 Å². The highest BCUT2D eigenvalue weighted by Gasteiger charge is 2.22. The quantitative estimate of drug-likeness (QED) is 0.408. The molecular weight excluding hydrogens is 384 g/mol. The Morgan fingerprint density at radius 3 is 2.47 bits per heavy atom. The Labute approximate surface area is 178 Å². The molecule has 0 radical (unpaired) electrons. The molecule has 2 aromatic rings. The fourth-order valence-corrected chi connectivity index (χ4v) is 3.07. The number of benzene rings is 1. The molecule has 30 heavy (non-hydrogen) atoms. The average Bonchev–Trinajstić information content (AvgIpc) is 3.03. The molecule has 0 saturated heterocycles. The number of hydrogen-bond donors (Lipinski definition) is 2. The van der Waals surface area contributed by atoms with Gasteiger partial charge in [0.05, 0.1) is 18.8 Å². The maximum Gasteiger partial charge on any atom is 0.340 e. The molecular formula is C23H32N2O5. The molecule has 1 aromatic heterocycles. The van der Waals surface area contributed by atoms with Crippen LogP contribution in [-0.2, 0) is 15.9 Å². The molecule has 0 saturated carbocycles. The van der Waals surface area contributed by atoms with Gasteiger partial charge in [-0.25, -0.2) is 4.79 Å². The second-order valence-electron chi connectivity index (χ2n) is 7.11. The predicted molar refractivity (Wildman–Crippen MR) is 115 cm³/mol. The number of methoxy groups -OCH3 is 1. The molecule has 0 aliphatic heterocycles. The maximum absolute atomic E-state index is 12.6. The van der Waals surface area contributed by atoms with Crippen LogP contribution in [0.5, 0.6) is 5.75 Å². The topological polar surface area (TPSA) is 89.7 Å². The zero-order valence-electron chi connectivity index (χ0n) is 18.3. The lowest BCUT2D eigenvalue weighted by molar-refractivity contribution is 0.0387. The van der Waals surface area contributed by atoms with Gasteiger partial charge < -0.3 is 24.5 Å². The molecule has 0 fully saturated rings. The molecule has 1 aromatic carbocycles. The van der Waals surface area contributed by atoms with Gasteiger partial charge in [-0.1, -0.05) is 25.5 Å². The fourth-order valence-electron chi connectivity index (χ4n) is 3.07. The maximum atomic E-state index is 12.6. The average molecular weight is 417 g/mol. The van der Waals surface area contributed by atoms with Crippen molar-refractivity contribution in [2.75, 3.05) is 33.5 Å². The van der Waals surface area contributed by atoms with Crippen LogP contribution in [0.2, 0.25) is 0 Å². The van der Waals surface area contributed by atoms with E-state index in [1.54, 1.807) is 21.0 Å². The number of esters is 1. The summed E-state index contributed by atoms with van der Waals surface area (Å²) in [7, 11) is 1.54. The van der Waals surface area contributed by atoms with E-state index in [1.165, 1.54) is 0 Å². The fraction of sp³-hybridized carbons (Fsp3) is 0.478. The third-order valence-electron chi connectivity index (χ3n) is 4.78. The van der Waals surface area contributed by atoms with E-state index in [9.17, 15) is 9.59 Å². The lowest BCUT2D eigenvalue weighted by Crippen LogP contribution is -2.26. The molecule has 2 N–H and O–H groups in total. The molecule has 2 rings (SSSR count). The Kier molecular flexibility index (Phi) is 9.41. The van der Waals surface area contributed by atoms with Crippen LogP contribution < -0.4 is 10.1 Å². The van der Waals surface area contributed by atoms with E-state index in [-0.39, 0.29) is 12.5 Å². The van der Waals surface area contributed by atoms with Crippen LogP contribution in [0.25, 0.3) is 0 Å². The van der Waals surface area contributed by atoms with Gasteiger partial charge in [0, 0.05) is 19.3 Å². The summed E-state index contributed by atoms with van der Waals surface area (Å²) in [6.07, 6.45) is 2.84. The summed E-state index contributed by atoms with van der Waals surface area (Å²) in [6, 6.07) is 7.91. The van der Waals surface area contributed by atoms with Crippen molar-refractivity contribution in [2.24, 2.45) is 0 Å². The van der Waals surface area contributed by atoms with Crippen molar-refractivity contribution in [3.05, 3.63) is 52.3 Å². The standard InChI is InChI=1S/C23H32N2O5/c1-5-6-13-29-19-9-7-18(8-10-19)11-12-24-22(26)21-16(2)20(17(3)25-21)23(27)30-15-14-28-4/h7-10,25H,5-6,11-15H2,1-4H3,(H,24,26). The van der Waals surface area contributed by atoms with Gasteiger partial charge in [-0.15, -0.1) is 0 Å². The first kappa shape index (κ1) is 23.5. The van der Waals surface area contributed by atoms with Gasteiger partial charge in [0.1, 0.15) is 18.1 Å². The monoisotopic (exact) mass is 416 g/mol. The van der Waals surface area contributed by atoms with Crippen molar-refractivity contribution in [1.82, 2.24) is 10.3 Å². The highest BCUT2D eigenvalue weighted by Crippen LogP contribution is 2.19. The first-order valence-corrected chi connectivity index (χ1v) is 10.3. The molecule has 1 amide bonds. The lowest BCUT2D eigenvalue weighted by atomic mass is 10.1. The summed E-state index contributed by atoms with van der Waals surface area (Å²) in [6.45, 7) is 7.33. The molecule has 7 heteroatoms. The van der Waals surface area contributed by atoms with Crippen molar-refractivity contribution in [1.29, 1.82) is 0 Å². The Hall–Kier alpha value is -2.80. The number of rotatable bonds is 12. The smallest absolute Gasteiger partial charge is 0.340 e. The van der Waals surface area contributed by atoms with Gasteiger partial charge >= 0.3 is 5.97 Å². The molecule has 0 unspecified atom stereocenters. The highest BCUT2D eigenvalue weighted by molar-refractivity contribution is 6.00. The van der Waals surface area contributed by atoms with Crippen molar-refractivity contribution >= 4 is 11.9 Å². The molecule has 0 atom stereocenters. The molecule has 7 nitrogen and oxygen atoms in total. The summed E-state index contributed by atoms with van der Waals surface area (Å²) in [5, 5.41) is 2.90. The van der Waals surface area contributed by atoms with Gasteiger partial charge in [-0.3, -0.25) is 4.79 Å². The number of ether oxygens (including phenoxy) is 3. The number of carbonyl (C=O) groups is 2. The van der Waals surface area contributed by atoms with Crippen LogP contribution in [-0.4, -0.2) is 50.3 Å². The molecule has 1 heterocycles. The Morgan fingerprint density at radius 1 is 1.07 bits per heavy atom. The van der Waals surface area contributed by atoms with E-state index < -0.39 is 5.97 Å². The largest absolute Gasteiger partial charge is 0.494 e. The number of H-pyrrole nitrogens is 1. The number of carbonyl (C=O) groups excluding carboxylic acids is 2. The molecule has 164 valence electrons. The Morgan fingerprint density at radius 2 is 1.80 bits per heavy atom. The first-order valence-electron chi connectivity index (χ1n) is 10.3. The number of aryl methyl sites for hydroxylation is 1. The van der Waals surface area contributed by atoms with Gasteiger partial charge in [-0.05, 0) is 49.9 Å². The summed E-state index contributed by atoms with van der Waals surface area (Å²) >= 11 is 0. The van der Waals surface area contributed by atoms with Crippen molar-refractivity contribution in [3.63, 3.8) is 0 Å². The van der Waals surface area contributed by atoms with Crippen LogP contribution in [0.4, 0.5) is 0 Å². The summed E-state index contributed by atoms with van der Waals surface area (Å²) in [5.74, 6) is 0.156. The number of hydrogen-bond acceptors (Lipinski definition) is 5. The van der Waals surface area contributed by atoms with Gasteiger partial charge in [-0.2, -0.15) is 0 Å². The SMILES string of the molecule is CCCCOc1ccc(CCNC(=O)c2[nH]c(C)c(C(=O)OCCOC)c2C)cc1. The molecule has 0 aliphatic carbocycles. The second-order valence-corrected chi connectivity index (χ2v) is 7.11. The van der Waals surface area contributed by atoms with Crippen LogP contribution in [0, 0.1) is 13.8 Å². The number of aromatic amines is 1. The van der Waals surface area contributed by atoms with Crippen LogP contribution in [0.3, 0.4) is 0 Å². The van der Waals surface area contributed by atoms with Crippen LogP contribution >= 0.6 is 0 Å². The number of nitrogens with one attached hydrogen (secondary N) is 2. The van der Waals surface area contributed by atoms with E-state index in [0.717, 1.165) is 30.8 Å². The molecule has 0 spiro atoms. The lowest BCUT2D eigenvalue weighted by Gasteiger charge is -2.08. The zero-order valence-corrected chi connectivity index (χ0v) is 18.3. The van der Waals surface area contributed by atoms with E-state index in [2.05, 4.69) is 17.2 Å². The van der Waals surface area contributed by atoms with Crippen molar-refractivity contribution < 1.29 is 23.8 Å². The summed E-state index contributed by atoms with van der Waals surface area (Å²) in [4.78, 5) is 27.8. The first-order chi connectivity index (χ1) is 14.5. The second kappa shape index (κ2) is 12.0. The minimum absolute atomic E-state index is 0.170. The van der Waals surface area contributed by atoms with Gasteiger partial charge in [0.25, 0.3) is 5.91 Å². The van der Waals surface area contributed by atoms with E-state index in [4.69, 9.17) is 14.2 Å². The number of unbranched alkanes of at least 4 members (excludes halogenated alkanes) is 1. The Balaban J connectivity index is 1.87. The van der Waals surface area contributed by atoms with Gasteiger partial charge in [0.15, 0.2) is 0 Å². The van der Waals surface area contributed by atoms with Crippen LogP contribution in [0.15, 0.2) is 24.3 Å². The zero-order chi connectivity index (χ0) is 21.9. The summed E-state index contributed by atoms with van der Waals surface area (Å²) < 4.78 is 15.7. The number of aromatic nitrogens is 1. The third-order valence-corrected chi connectivity index (χ3v) is 4.78. The van der Waals surface area contributed by atoms with Gasteiger partial charge in [0.2, 0.25) is 0 Å². The third kappa shape index (κ3) is 6.62. The predicted octanol–water partition coefficient (Wildman–Crippen LogP) is 3.59. The minimum atomic E-state index is -0.460. The molecule has 0 bridgehead atoms. The minimum Gasteiger partial charge on any atom is -0.494 e. The van der Waals surface area contributed by atoms with E-state index in [1.807, 2.05) is 24.3 Å². The van der Waals surface area contributed by atoms with Crippen LogP contribution in [0.1, 0.15) is 57.4 Å². The summed E-state index contributed by atoms with van der Waals surface area (Å²) in [5.41, 5.74) is 3.08.